The fraction of sp³-hybridized carbons (Fsp3) is 0.818. The smallest absolute Gasteiger partial charge is 0.410 e. The number of carbonyl (C=O) groups excluding carboxylic acids is 1. The number of carboxylic acids is 1. The first-order valence-electron chi connectivity index (χ1n) is 5.91. The fourth-order valence-corrected chi connectivity index (χ4v) is 3.22. The first-order valence-corrected chi connectivity index (χ1v) is 7.73. The molecule has 1 atom stereocenters. The summed E-state index contributed by atoms with van der Waals surface area (Å²) in [7, 11) is -3.45. The number of amides is 1. The molecule has 1 rings (SSSR count). The number of nitrogens with zero attached hydrogens (tertiary/aromatic N) is 1. The Kier molecular flexibility index (Phi) is 4.44. The van der Waals surface area contributed by atoms with Gasteiger partial charge in [0.15, 0.2) is 9.84 Å². The Morgan fingerprint density at radius 3 is 2.37 bits per heavy atom. The average molecular weight is 293 g/mol. The third-order valence-electron chi connectivity index (χ3n) is 2.57. The highest BCUT2D eigenvalue weighted by Crippen LogP contribution is 2.16. The van der Waals surface area contributed by atoms with E-state index in [1.165, 1.54) is 0 Å². The van der Waals surface area contributed by atoms with E-state index in [0.717, 1.165) is 4.90 Å². The third-order valence-corrected chi connectivity index (χ3v) is 4.28. The Hall–Kier alpha value is -1.31. The summed E-state index contributed by atoms with van der Waals surface area (Å²) >= 11 is 0. The lowest BCUT2D eigenvalue weighted by Gasteiger charge is -2.27. The number of carboxylic acid groups (broad SMARTS) is 1. The quantitative estimate of drug-likeness (QED) is 0.748. The Bertz CT molecular complexity index is 464. The van der Waals surface area contributed by atoms with Crippen molar-refractivity contribution >= 4 is 21.9 Å². The normalized spacial score (nSPS) is 23.5. The molecule has 1 saturated heterocycles. The second kappa shape index (κ2) is 5.36. The van der Waals surface area contributed by atoms with Crippen LogP contribution in [0.25, 0.3) is 0 Å². The van der Waals surface area contributed by atoms with Crippen LogP contribution in [-0.4, -0.2) is 60.7 Å². The van der Waals surface area contributed by atoms with E-state index in [9.17, 15) is 18.0 Å². The van der Waals surface area contributed by atoms with Crippen molar-refractivity contribution < 1.29 is 27.9 Å². The van der Waals surface area contributed by atoms with Gasteiger partial charge in [0, 0.05) is 13.1 Å². The van der Waals surface area contributed by atoms with E-state index in [4.69, 9.17) is 9.84 Å². The molecule has 1 aliphatic rings. The van der Waals surface area contributed by atoms with Gasteiger partial charge in [-0.1, -0.05) is 0 Å². The monoisotopic (exact) mass is 293 g/mol. The van der Waals surface area contributed by atoms with Crippen LogP contribution in [0.4, 0.5) is 4.79 Å². The summed E-state index contributed by atoms with van der Waals surface area (Å²) in [6.07, 6.45) is -0.684. The van der Waals surface area contributed by atoms with Crippen LogP contribution in [0.15, 0.2) is 0 Å². The van der Waals surface area contributed by atoms with Crippen molar-refractivity contribution in [3.05, 3.63) is 0 Å². The highest BCUT2D eigenvalue weighted by Gasteiger charge is 2.34. The fourth-order valence-electron chi connectivity index (χ4n) is 1.69. The lowest BCUT2D eigenvalue weighted by molar-refractivity contribution is -0.141. The molecule has 0 aromatic carbocycles. The Labute approximate surface area is 112 Å². The third kappa shape index (κ3) is 5.06. The summed E-state index contributed by atoms with van der Waals surface area (Å²) in [5, 5.41) is 8.98. The van der Waals surface area contributed by atoms with E-state index >= 15 is 0 Å². The Balaban J connectivity index is 2.85. The number of hydrogen-bond donors (Lipinski definition) is 1. The van der Waals surface area contributed by atoms with E-state index in [-0.39, 0.29) is 18.8 Å². The van der Waals surface area contributed by atoms with Crippen molar-refractivity contribution in [2.75, 3.05) is 24.6 Å². The number of hydrogen-bond acceptors (Lipinski definition) is 5. The number of aliphatic carboxylic acids is 1. The summed E-state index contributed by atoms with van der Waals surface area (Å²) in [6, 6.07) is 0. The largest absolute Gasteiger partial charge is 0.481 e. The Morgan fingerprint density at radius 1 is 1.32 bits per heavy atom. The van der Waals surface area contributed by atoms with Crippen molar-refractivity contribution in [2.45, 2.75) is 26.4 Å². The highest BCUT2D eigenvalue weighted by atomic mass is 32.2. The van der Waals surface area contributed by atoms with Crippen molar-refractivity contribution in [1.82, 2.24) is 4.90 Å². The summed E-state index contributed by atoms with van der Waals surface area (Å²) in [4.78, 5) is 24.0. The molecule has 0 radical (unpaired) electrons. The average Bonchev–Trinajstić information content (AvgIpc) is 2.34. The van der Waals surface area contributed by atoms with Crippen LogP contribution in [0, 0.1) is 5.92 Å². The molecule has 0 aromatic rings. The first-order chi connectivity index (χ1) is 8.50. The standard InChI is InChI=1S/C11H19NO6S/c1-11(2,3)18-10(15)12-4-5-19(16,17)7-8(6-12)9(13)14/h8H,4-7H2,1-3H3,(H,13,14). The van der Waals surface area contributed by atoms with Crippen LogP contribution in [-0.2, 0) is 19.4 Å². The van der Waals surface area contributed by atoms with E-state index in [1.807, 2.05) is 0 Å². The molecule has 7 nitrogen and oxygen atoms in total. The zero-order valence-electron chi connectivity index (χ0n) is 11.2. The Morgan fingerprint density at radius 2 is 1.89 bits per heavy atom. The molecule has 1 unspecified atom stereocenters. The molecule has 0 aromatic heterocycles. The van der Waals surface area contributed by atoms with Gasteiger partial charge in [0.05, 0.1) is 17.4 Å². The van der Waals surface area contributed by atoms with Crippen molar-refractivity contribution in [2.24, 2.45) is 5.92 Å². The summed E-state index contributed by atoms with van der Waals surface area (Å²) < 4.78 is 28.3. The molecule has 19 heavy (non-hydrogen) atoms. The lowest BCUT2D eigenvalue weighted by atomic mass is 10.1. The van der Waals surface area contributed by atoms with Gasteiger partial charge < -0.3 is 14.7 Å². The summed E-state index contributed by atoms with van der Waals surface area (Å²) in [5.74, 6) is -3.02. The minimum absolute atomic E-state index is 0.0406. The zero-order chi connectivity index (χ0) is 14.8. The molecule has 0 bridgehead atoms. The van der Waals surface area contributed by atoms with Crippen molar-refractivity contribution in [1.29, 1.82) is 0 Å². The van der Waals surface area contributed by atoms with Gasteiger partial charge in [-0.3, -0.25) is 4.79 Å². The zero-order valence-corrected chi connectivity index (χ0v) is 12.1. The van der Waals surface area contributed by atoms with Crippen molar-refractivity contribution in [3.63, 3.8) is 0 Å². The van der Waals surface area contributed by atoms with Gasteiger partial charge in [0.25, 0.3) is 0 Å². The maximum atomic E-state index is 11.9. The van der Waals surface area contributed by atoms with Gasteiger partial charge in [-0.25, -0.2) is 13.2 Å². The second-order valence-electron chi connectivity index (χ2n) is 5.58. The number of sulfone groups is 1. The molecule has 1 amide bonds. The van der Waals surface area contributed by atoms with E-state index in [1.54, 1.807) is 20.8 Å². The van der Waals surface area contributed by atoms with Crippen LogP contribution >= 0.6 is 0 Å². The molecular formula is C11H19NO6S. The molecule has 1 heterocycles. The topological polar surface area (TPSA) is 101 Å². The molecule has 1 N–H and O–H groups in total. The van der Waals surface area contributed by atoms with Crippen LogP contribution in [0.1, 0.15) is 20.8 Å². The van der Waals surface area contributed by atoms with Gasteiger partial charge in [-0.15, -0.1) is 0 Å². The first kappa shape index (κ1) is 15.7. The summed E-state index contributed by atoms with van der Waals surface area (Å²) in [5.41, 5.74) is -0.707. The molecule has 1 aliphatic heterocycles. The minimum atomic E-state index is -3.45. The molecule has 0 saturated carbocycles. The molecule has 1 fully saturated rings. The van der Waals surface area contributed by atoms with Gasteiger partial charge in [0.2, 0.25) is 0 Å². The predicted molar refractivity (Wildman–Crippen MR) is 67.6 cm³/mol. The number of rotatable bonds is 1. The van der Waals surface area contributed by atoms with Crippen molar-refractivity contribution in [3.8, 4) is 0 Å². The lowest BCUT2D eigenvalue weighted by Crippen LogP contribution is -2.41. The van der Waals surface area contributed by atoms with Crippen LogP contribution in [0.2, 0.25) is 0 Å². The van der Waals surface area contributed by atoms with Gasteiger partial charge in [-0.05, 0) is 20.8 Å². The van der Waals surface area contributed by atoms with Gasteiger partial charge in [-0.2, -0.15) is 0 Å². The highest BCUT2D eigenvalue weighted by molar-refractivity contribution is 7.91. The SMILES string of the molecule is CC(C)(C)OC(=O)N1CCS(=O)(=O)CC(C(=O)O)C1. The molecule has 110 valence electrons. The van der Waals surface area contributed by atoms with E-state index < -0.39 is 39.2 Å². The molecular weight excluding hydrogens is 274 g/mol. The van der Waals surface area contributed by atoms with E-state index in [2.05, 4.69) is 0 Å². The molecule has 8 heteroatoms. The second-order valence-corrected chi connectivity index (χ2v) is 7.80. The number of carbonyl (C=O) groups is 2. The number of ether oxygens (including phenoxy) is 1. The van der Waals surface area contributed by atoms with Crippen LogP contribution < -0.4 is 0 Å². The predicted octanol–water partition coefficient (Wildman–Crippen LogP) is 0.353. The van der Waals surface area contributed by atoms with Crippen LogP contribution in [0.3, 0.4) is 0 Å². The van der Waals surface area contributed by atoms with Gasteiger partial charge in [0.1, 0.15) is 5.60 Å². The summed E-state index contributed by atoms with van der Waals surface area (Å²) in [6.45, 7) is 4.88. The molecule has 0 aliphatic carbocycles. The van der Waals surface area contributed by atoms with Crippen LogP contribution in [0.5, 0.6) is 0 Å². The maximum absolute atomic E-state index is 11.9. The van der Waals surface area contributed by atoms with E-state index in [0.29, 0.717) is 0 Å². The molecule has 0 spiro atoms. The minimum Gasteiger partial charge on any atom is -0.481 e. The maximum Gasteiger partial charge on any atom is 0.410 e. The van der Waals surface area contributed by atoms with Gasteiger partial charge >= 0.3 is 12.1 Å².